The predicted molar refractivity (Wildman–Crippen MR) is 163 cm³/mol. The number of aromatic amines is 1. The van der Waals surface area contributed by atoms with Gasteiger partial charge >= 0.3 is 5.97 Å². The molecule has 0 aliphatic heterocycles. The molecule has 1 heterocycles. The van der Waals surface area contributed by atoms with Crippen molar-refractivity contribution in [3.63, 3.8) is 0 Å². The van der Waals surface area contributed by atoms with E-state index in [2.05, 4.69) is 20.9 Å². The van der Waals surface area contributed by atoms with Crippen LogP contribution in [0.3, 0.4) is 0 Å². The fourth-order valence-corrected chi connectivity index (χ4v) is 4.89. The second kappa shape index (κ2) is 15.3. The molecule has 12 heteroatoms. The van der Waals surface area contributed by atoms with Crippen LogP contribution >= 0.6 is 11.8 Å². The lowest BCUT2D eigenvalue weighted by molar-refractivity contribution is -0.142. The molecule has 1 aromatic heterocycles. The summed E-state index contributed by atoms with van der Waals surface area (Å²) in [5.74, 6) is -2.60. The number of amides is 3. The predicted octanol–water partition coefficient (Wildman–Crippen LogP) is 1.93. The van der Waals surface area contributed by atoms with Gasteiger partial charge in [-0.05, 0) is 53.7 Å². The summed E-state index contributed by atoms with van der Waals surface area (Å²) < 4.78 is 0. The van der Waals surface area contributed by atoms with Crippen molar-refractivity contribution in [2.45, 2.75) is 57.3 Å². The van der Waals surface area contributed by atoms with Crippen LogP contribution in [0.15, 0.2) is 54.7 Å². The summed E-state index contributed by atoms with van der Waals surface area (Å²) in [6, 6.07) is 9.46. The number of thioether (sulfide) groups is 1. The van der Waals surface area contributed by atoms with E-state index in [1.54, 1.807) is 32.2 Å². The number of phenols is 1. The number of phenolic OH excluding ortho intramolecular Hbond substituents is 1. The Bertz CT molecular complexity index is 1380. The van der Waals surface area contributed by atoms with Crippen LogP contribution in [0.4, 0.5) is 0 Å². The summed E-state index contributed by atoms with van der Waals surface area (Å²) >= 11 is 1.46. The van der Waals surface area contributed by atoms with E-state index in [1.165, 1.54) is 23.9 Å². The van der Waals surface area contributed by atoms with Crippen LogP contribution in [0, 0.1) is 5.92 Å². The van der Waals surface area contributed by atoms with Gasteiger partial charge in [0.1, 0.15) is 23.9 Å². The van der Waals surface area contributed by atoms with Crippen molar-refractivity contribution in [3.8, 4) is 5.75 Å². The maximum atomic E-state index is 13.7. The van der Waals surface area contributed by atoms with Gasteiger partial charge in [0.2, 0.25) is 17.7 Å². The largest absolute Gasteiger partial charge is 0.508 e. The summed E-state index contributed by atoms with van der Waals surface area (Å²) in [5, 5.41) is 28.2. The van der Waals surface area contributed by atoms with Gasteiger partial charge in [0.05, 0.1) is 6.04 Å². The Morgan fingerprint density at radius 1 is 0.881 bits per heavy atom. The third kappa shape index (κ3) is 8.98. The lowest BCUT2D eigenvalue weighted by Gasteiger charge is -2.26. The van der Waals surface area contributed by atoms with E-state index in [0.29, 0.717) is 11.3 Å². The SMILES string of the molecule is CSCCC(NC(=O)C(Cc1c[nH]c2ccccc12)NC(=O)C(Cc1ccc(O)cc1)NC(=O)C(N)C(C)C)C(=O)O. The van der Waals surface area contributed by atoms with Crippen molar-refractivity contribution in [2.24, 2.45) is 11.7 Å². The lowest BCUT2D eigenvalue weighted by Crippen LogP contribution is -2.58. The average molecular weight is 598 g/mol. The summed E-state index contributed by atoms with van der Waals surface area (Å²) in [6.45, 7) is 3.58. The molecule has 0 spiro atoms. The summed E-state index contributed by atoms with van der Waals surface area (Å²) in [7, 11) is 0. The first-order chi connectivity index (χ1) is 20.0. The zero-order valence-electron chi connectivity index (χ0n) is 23.9. The number of hydrogen-bond donors (Lipinski definition) is 7. The van der Waals surface area contributed by atoms with Crippen LogP contribution in [0.25, 0.3) is 10.9 Å². The molecule has 3 aromatic rings. The molecule has 3 rings (SSSR count). The molecule has 0 aliphatic rings. The number of benzene rings is 2. The minimum absolute atomic E-state index is 0.0514. The van der Waals surface area contributed by atoms with Gasteiger partial charge in [-0.3, -0.25) is 14.4 Å². The fourth-order valence-electron chi connectivity index (χ4n) is 4.42. The first-order valence-electron chi connectivity index (χ1n) is 13.7. The maximum absolute atomic E-state index is 13.7. The zero-order valence-corrected chi connectivity index (χ0v) is 24.7. The highest BCUT2D eigenvalue weighted by Crippen LogP contribution is 2.20. The van der Waals surface area contributed by atoms with Crippen molar-refractivity contribution in [2.75, 3.05) is 12.0 Å². The molecular formula is C30H39N5O6S. The number of fused-ring (bicyclic) bond motifs is 1. The van der Waals surface area contributed by atoms with Crippen molar-refractivity contribution < 1.29 is 29.4 Å². The van der Waals surface area contributed by atoms with Crippen LogP contribution in [0.2, 0.25) is 0 Å². The van der Waals surface area contributed by atoms with Gasteiger partial charge in [-0.25, -0.2) is 4.79 Å². The van der Waals surface area contributed by atoms with Crippen LogP contribution in [-0.2, 0) is 32.0 Å². The van der Waals surface area contributed by atoms with E-state index in [1.807, 2.05) is 30.5 Å². The third-order valence-corrected chi connectivity index (χ3v) is 7.63. The molecule has 0 fully saturated rings. The molecule has 3 amide bonds. The fraction of sp³-hybridized carbons (Fsp3) is 0.400. The quantitative estimate of drug-likeness (QED) is 0.138. The highest BCUT2D eigenvalue weighted by atomic mass is 32.2. The topological polar surface area (TPSA) is 187 Å². The van der Waals surface area contributed by atoms with Crippen LogP contribution in [0.1, 0.15) is 31.4 Å². The molecule has 226 valence electrons. The van der Waals surface area contributed by atoms with E-state index in [4.69, 9.17) is 5.73 Å². The van der Waals surface area contributed by atoms with Crippen molar-refractivity contribution in [1.82, 2.24) is 20.9 Å². The Balaban J connectivity index is 1.90. The van der Waals surface area contributed by atoms with Crippen molar-refractivity contribution >= 4 is 46.4 Å². The molecule has 11 nitrogen and oxygen atoms in total. The molecular weight excluding hydrogens is 558 g/mol. The number of hydrogen-bond acceptors (Lipinski definition) is 7. The van der Waals surface area contributed by atoms with Gasteiger partial charge in [0.15, 0.2) is 0 Å². The van der Waals surface area contributed by atoms with Crippen LogP contribution in [-0.4, -0.2) is 75.1 Å². The first kappa shape index (κ1) is 32.5. The minimum Gasteiger partial charge on any atom is -0.508 e. The van der Waals surface area contributed by atoms with Crippen LogP contribution < -0.4 is 21.7 Å². The Hall–Kier alpha value is -4.03. The molecule has 4 unspecified atom stereocenters. The molecule has 8 N–H and O–H groups in total. The second-order valence-corrected chi connectivity index (χ2v) is 11.5. The van der Waals surface area contributed by atoms with E-state index in [-0.39, 0.29) is 30.9 Å². The van der Waals surface area contributed by atoms with E-state index >= 15 is 0 Å². The van der Waals surface area contributed by atoms with Gasteiger partial charge in [0, 0.05) is 29.9 Å². The standard InChI is InChI=1S/C30H39N5O6S/c1-17(2)26(31)29(39)35-24(14-18-8-10-20(36)11-9-18)27(37)34-25(28(38)33-23(30(40)41)12-13-42-3)15-19-16-32-22-7-5-4-6-21(19)22/h4-11,16-17,23-26,32,36H,12-15,31H2,1-3H3,(H,33,38)(H,34,37)(H,35,39)(H,40,41). The number of aromatic hydroxyl groups is 1. The van der Waals surface area contributed by atoms with Crippen molar-refractivity contribution in [3.05, 3.63) is 65.9 Å². The van der Waals surface area contributed by atoms with Gasteiger partial charge in [-0.1, -0.05) is 44.2 Å². The molecule has 0 saturated carbocycles. The van der Waals surface area contributed by atoms with Gasteiger partial charge in [-0.15, -0.1) is 0 Å². The number of H-pyrrole nitrogens is 1. The number of carboxylic acids is 1. The third-order valence-electron chi connectivity index (χ3n) is 6.99. The number of nitrogens with one attached hydrogen (secondary N) is 4. The molecule has 2 aromatic carbocycles. The monoisotopic (exact) mass is 597 g/mol. The molecule has 0 aliphatic carbocycles. The first-order valence-corrected chi connectivity index (χ1v) is 15.1. The smallest absolute Gasteiger partial charge is 0.326 e. The number of carbonyl (C=O) groups is 4. The Kier molecular flexibility index (Phi) is 11.8. The number of carbonyl (C=O) groups excluding carboxylic acids is 3. The lowest BCUT2D eigenvalue weighted by atomic mass is 10.00. The summed E-state index contributed by atoms with van der Waals surface area (Å²) in [4.78, 5) is 55.1. The number of carboxylic acid groups (broad SMARTS) is 1. The van der Waals surface area contributed by atoms with Gasteiger partial charge < -0.3 is 36.9 Å². The molecule has 4 atom stereocenters. The van der Waals surface area contributed by atoms with Crippen molar-refractivity contribution in [1.29, 1.82) is 0 Å². The number of aliphatic carboxylic acids is 1. The van der Waals surface area contributed by atoms with Gasteiger partial charge in [0.25, 0.3) is 0 Å². The average Bonchev–Trinajstić information content (AvgIpc) is 3.37. The molecule has 0 saturated heterocycles. The normalized spacial score (nSPS) is 14.1. The number of nitrogens with two attached hydrogens (primary N) is 1. The van der Waals surface area contributed by atoms with E-state index in [9.17, 15) is 29.4 Å². The highest BCUT2D eigenvalue weighted by molar-refractivity contribution is 7.98. The molecule has 0 bridgehead atoms. The Morgan fingerprint density at radius 2 is 1.48 bits per heavy atom. The minimum atomic E-state index is -1.17. The second-order valence-electron chi connectivity index (χ2n) is 10.5. The molecule has 42 heavy (non-hydrogen) atoms. The zero-order chi connectivity index (χ0) is 30.8. The summed E-state index contributed by atoms with van der Waals surface area (Å²) in [6.07, 6.45) is 3.94. The molecule has 0 radical (unpaired) electrons. The maximum Gasteiger partial charge on any atom is 0.326 e. The number of aromatic nitrogens is 1. The number of para-hydroxylation sites is 1. The van der Waals surface area contributed by atoms with E-state index < -0.39 is 47.9 Å². The Labute approximate surface area is 249 Å². The highest BCUT2D eigenvalue weighted by Gasteiger charge is 2.31. The Morgan fingerprint density at radius 3 is 2.10 bits per heavy atom. The van der Waals surface area contributed by atoms with Gasteiger partial charge in [-0.2, -0.15) is 11.8 Å². The van der Waals surface area contributed by atoms with E-state index in [0.717, 1.165) is 16.5 Å². The number of rotatable bonds is 15. The van der Waals surface area contributed by atoms with Crippen LogP contribution in [0.5, 0.6) is 5.75 Å². The summed E-state index contributed by atoms with van der Waals surface area (Å²) in [5.41, 5.74) is 8.30.